The smallest absolute Gasteiger partial charge is 0.246 e. The molecular formula is C13H22N4OS. The fraction of sp³-hybridized carbons (Fsp3) is 0.769. The Kier molecular flexibility index (Phi) is 4.87. The van der Waals surface area contributed by atoms with Crippen LogP contribution in [0.25, 0.3) is 0 Å². The van der Waals surface area contributed by atoms with Gasteiger partial charge in [-0.1, -0.05) is 43.9 Å². The molecule has 0 radical (unpaired) electrons. The molecule has 3 N–H and O–H groups in total. The summed E-state index contributed by atoms with van der Waals surface area (Å²) in [6, 6.07) is 0. The number of carbonyl (C=O) groups is 1. The molecule has 5 nitrogen and oxygen atoms in total. The molecule has 0 unspecified atom stereocenters. The first kappa shape index (κ1) is 14.4. The molecule has 0 saturated heterocycles. The first-order valence-electron chi connectivity index (χ1n) is 7.07. The number of nitrogens with one attached hydrogen (secondary N) is 1. The summed E-state index contributed by atoms with van der Waals surface area (Å²) in [6.45, 7) is 2.14. The molecule has 1 aliphatic rings. The van der Waals surface area contributed by atoms with Crippen molar-refractivity contribution in [3.8, 4) is 0 Å². The number of amides is 1. The highest BCUT2D eigenvalue weighted by Gasteiger charge is 2.35. The molecule has 0 aliphatic heterocycles. The third kappa shape index (κ3) is 3.73. The van der Waals surface area contributed by atoms with Crippen molar-refractivity contribution in [2.45, 2.75) is 63.8 Å². The zero-order valence-electron chi connectivity index (χ0n) is 11.4. The molecular weight excluding hydrogens is 260 g/mol. The van der Waals surface area contributed by atoms with Crippen molar-refractivity contribution in [3.05, 3.63) is 5.01 Å². The van der Waals surface area contributed by atoms with E-state index in [9.17, 15) is 4.79 Å². The van der Waals surface area contributed by atoms with Crippen molar-refractivity contribution in [1.29, 1.82) is 0 Å². The molecule has 1 saturated carbocycles. The number of aromatic nitrogens is 2. The van der Waals surface area contributed by atoms with Gasteiger partial charge in [0.2, 0.25) is 11.0 Å². The molecule has 1 aromatic rings. The molecule has 6 heteroatoms. The molecule has 1 fully saturated rings. The Morgan fingerprint density at radius 1 is 1.37 bits per heavy atom. The summed E-state index contributed by atoms with van der Waals surface area (Å²) < 4.78 is 0. The summed E-state index contributed by atoms with van der Waals surface area (Å²) in [5.41, 5.74) is 5.47. The van der Waals surface area contributed by atoms with Gasteiger partial charge in [-0.05, 0) is 19.3 Å². The number of anilines is 1. The standard InChI is InChI=1S/C13H22N4OS/c1-2-3-7-10-16-17-12(19-10)15-11(18)13(14)8-5-4-6-9-13/h2-9,14H2,1H3,(H,15,17,18). The molecule has 0 spiro atoms. The van der Waals surface area contributed by atoms with Crippen molar-refractivity contribution >= 4 is 22.4 Å². The van der Waals surface area contributed by atoms with Crippen molar-refractivity contribution in [2.24, 2.45) is 5.73 Å². The van der Waals surface area contributed by atoms with Crippen molar-refractivity contribution in [2.75, 3.05) is 5.32 Å². The predicted octanol–water partition coefficient (Wildman–Crippen LogP) is 2.48. The number of carbonyl (C=O) groups excluding carboxylic acids is 1. The van der Waals surface area contributed by atoms with Crippen molar-refractivity contribution in [3.63, 3.8) is 0 Å². The van der Waals surface area contributed by atoms with Crippen LogP contribution in [0, 0.1) is 0 Å². The highest BCUT2D eigenvalue weighted by Crippen LogP contribution is 2.27. The van der Waals surface area contributed by atoms with Gasteiger partial charge in [-0.2, -0.15) is 0 Å². The Hall–Kier alpha value is -1.01. The van der Waals surface area contributed by atoms with Crippen LogP contribution in [0.4, 0.5) is 5.13 Å². The van der Waals surface area contributed by atoms with E-state index in [0.717, 1.165) is 50.0 Å². The SMILES string of the molecule is CCCCc1nnc(NC(=O)C2(N)CCCCC2)s1. The van der Waals surface area contributed by atoms with Crippen LogP contribution in [0.5, 0.6) is 0 Å². The summed E-state index contributed by atoms with van der Waals surface area (Å²) in [6.07, 6.45) is 7.92. The fourth-order valence-corrected chi connectivity index (χ4v) is 3.14. The Morgan fingerprint density at radius 3 is 2.79 bits per heavy atom. The largest absolute Gasteiger partial charge is 0.317 e. The molecule has 2 rings (SSSR count). The second-order valence-electron chi connectivity index (χ2n) is 5.28. The topological polar surface area (TPSA) is 80.9 Å². The van der Waals surface area contributed by atoms with Gasteiger partial charge in [0.25, 0.3) is 0 Å². The van der Waals surface area contributed by atoms with E-state index in [1.54, 1.807) is 0 Å². The normalized spacial score (nSPS) is 18.2. The summed E-state index contributed by atoms with van der Waals surface area (Å²) in [5, 5.41) is 12.5. The van der Waals surface area contributed by atoms with Crippen molar-refractivity contribution in [1.82, 2.24) is 10.2 Å². The first-order chi connectivity index (χ1) is 9.14. The molecule has 106 valence electrons. The van der Waals surface area contributed by atoms with Crippen LogP contribution in [0.3, 0.4) is 0 Å². The number of rotatable bonds is 5. The van der Waals surface area contributed by atoms with E-state index in [-0.39, 0.29) is 5.91 Å². The fourth-order valence-electron chi connectivity index (χ4n) is 2.36. The summed E-state index contributed by atoms with van der Waals surface area (Å²) in [5.74, 6) is -0.106. The summed E-state index contributed by atoms with van der Waals surface area (Å²) >= 11 is 1.45. The molecule has 1 aromatic heterocycles. The average molecular weight is 282 g/mol. The monoisotopic (exact) mass is 282 g/mol. The number of hydrogen-bond donors (Lipinski definition) is 2. The van der Waals surface area contributed by atoms with Gasteiger partial charge in [-0.3, -0.25) is 10.1 Å². The third-order valence-electron chi connectivity index (χ3n) is 3.63. The number of nitrogens with two attached hydrogens (primary N) is 1. The lowest BCUT2D eigenvalue weighted by atomic mass is 9.82. The van der Waals surface area contributed by atoms with Gasteiger partial charge in [0.05, 0.1) is 5.54 Å². The maximum absolute atomic E-state index is 12.2. The third-order valence-corrected chi connectivity index (χ3v) is 4.53. The number of unbranched alkanes of at least 4 members (excludes halogenated alkanes) is 1. The average Bonchev–Trinajstić information content (AvgIpc) is 2.85. The van der Waals surface area contributed by atoms with Gasteiger partial charge in [0.1, 0.15) is 5.01 Å². The maximum Gasteiger partial charge on any atom is 0.246 e. The van der Waals surface area contributed by atoms with Crippen LogP contribution in [0.15, 0.2) is 0 Å². The predicted molar refractivity (Wildman–Crippen MR) is 77.2 cm³/mol. The Labute approximate surface area is 118 Å². The van der Waals surface area contributed by atoms with Gasteiger partial charge in [0, 0.05) is 6.42 Å². The van der Waals surface area contributed by atoms with E-state index in [0.29, 0.717) is 5.13 Å². The number of hydrogen-bond acceptors (Lipinski definition) is 5. The molecule has 0 aromatic carbocycles. The van der Waals surface area contributed by atoms with Crippen LogP contribution in [-0.2, 0) is 11.2 Å². The van der Waals surface area contributed by atoms with E-state index in [1.165, 1.54) is 17.8 Å². The van der Waals surface area contributed by atoms with E-state index in [4.69, 9.17) is 5.73 Å². The highest BCUT2D eigenvalue weighted by molar-refractivity contribution is 7.15. The first-order valence-corrected chi connectivity index (χ1v) is 7.88. The quantitative estimate of drug-likeness (QED) is 0.869. The van der Waals surface area contributed by atoms with Crippen LogP contribution >= 0.6 is 11.3 Å². The Bertz CT molecular complexity index is 426. The molecule has 1 heterocycles. The molecule has 19 heavy (non-hydrogen) atoms. The second-order valence-corrected chi connectivity index (χ2v) is 6.34. The van der Waals surface area contributed by atoms with Crippen LogP contribution in [0.2, 0.25) is 0 Å². The minimum absolute atomic E-state index is 0.106. The van der Waals surface area contributed by atoms with Crippen LogP contribution < -0.4 is 11.1 Å². The maximum atomic E-state index is 12.2. The zero-order chi connectivity index (χ0) is 13.7. The zero-order valence-corrected chi connectivity index (χ0v) is 12.3. The lowest BCUT2D eigenvalue weighted by Crippen LogP contribution is -2.52. The van der Waals surface area contributed by atoms with E-state index in [2.05, 4.69) is 22.4 Å². The minimum atomic E-state index is -0.715. The van der Waals surface area contributed by atoms with Gasteiger partial charge < -0.3 is 5.73 Å². The van der Waals surface area contributed by atoms with Gasteiger partial charge >= 0.3 is 0 Å². The minimum Gasteiger partial charge on any atom is -0.317 e. The Morgan fingerprint density at radius 2 is 2.11 bits per heavy atom. The summed E-state index contributed by atoms with van der Waals surface area (Å²) in [4.78, 5) is 12.2. The van der Waals surface area contributed by atoms with Gasteiger partial charge in [-0.25, -0.2) is 0 Å². The highest BCUT2D eigenvalue weighted by atomic mass is 32.1. The molecule has 1 amide bonds. The van der Waals surface area contributed by atoms with Gasteiger partial charge in [-0.15, -0.1) is 10.2 Å². The lowest BCUT2D eigenvalue weighted by molar-refractivity contribution is -0.122. The Balaban J connectivity index is 1.92. The molecule has 1 aliphatic carbocycles. The van der Waals surface area contributed by atoms with Crippen LogP contribution in [0.1, 0.15) is 56.9 Å². The number of aryl methyl sites for hydroxylation is 1. The van der Waals surface area contributed by atoms with Crippen LogP contribution in [-0.4, -0.2) is 21.6 Å². The van der Waals surface area contributed by atoms with E-state index >= 15 is 0 Å². The van der Waals surface area contributed by atoms with E-state index in [1.807, 2.05) is 0 Å². The van der Waals surface area contributed by atoms with Crippen molar-refractivity contribution < 1.29 is 4.79 Å². The second kappa shape index (κ2) is 6.43. The van der Waals surface area contributed by atoms with Gasteiger partial charge in [0.15, 0.2) is 0 Å². The summed E-state index contributed by atoms with van der Waals surface area (Å²) in [7, 11) is 0. The van der Waals surface area contributed by atoms with E-state index < -0.39 is 5.54 Å². The number of nitrogens with zero attached hydrogens (tertiary/aromatic N) is 2. The molecule has 0 atom stereocenters. The lowest BCUT2D eigenvalue weighted by Gasteiger charge is -2.31. The molecule has 0 bridgehead atoms.